The molecule has 1 N–H and O–H groups in total. The van der Waals surface area contributed by atoms with E-state index in [9.17, 15) is 0 Å². The van der Waals surface area contributed by atoms with Crippen LogP contribution in [0.4, 0.5) is 0 Å². The van der Waals surface area contributed by atoms with E-state index in [4.69, 9.17) is 0 Å². The fourth-order valence-electron chi connectivity index (χ4n) is 2.60. The SMILES string of the molecule is Cc1ccc(C(NCCc2ccc(Br)s2)C2CC2)cc1. The first-order valence-corrected chi connectivity index (χ1v) is 8.87. The van der Waals surface area contributed by atoms with E-state index in [0.717, 1.165) is 18.9 Å². The minimum Gasteiger partial charge on any atom is -0.309 e. The molecule has 106 valence electrons. The van der Waals surface area contributed by atoms with Crippen LogP contribution in [-0.2, 0) is 6.42 Å². The number of hydrogen-bond donors (Lipinski definition) is 1. The molecule has 1 aliphatic rings. The molecule has 0 bridgehead atoms. The number of nitrogens with one attached hydrogen (secondary N) is 1. The van der Waals surface area contributed by atoms with Gasteiger partial charge in [-0.05, 0) is 65.7 Å². The highest BCUT2D eigenvalue weighted by molar-refractivity contribution is 9.11. The van der Waals surface area contributed by atoms with Crippen LogP contribution in [0.3, 0.4) is 0 Å². The predicted molar refractivity (Wildman–Crippen MR) is 90.4 cm³/mol. The average molecular weight is 350 g/mol. The Morgan fingerprint density at radius 1 is 1.20 bits per heavy atom. The van der Waals surface area contributed by atoms with Crippen molar-refractivity contribution in [2.24, 2.45) is 5.92 Å². The molecule has 1 aromatic carbocycles. The van der Waals surface area contributed by atoms with Crippen LogP contribution in [0, 0.1) is 12.8 Å². The van der Waals surface area contributed by atoms with Crippen molar-refractivity contribution < 1.29 is 0 Å². The normalized spacial score (nSPS) is 16.3. The molecule has 1 nitrogen and oxygen atoms in total. The van der Waals surface area contributed by atoms with Crippen LogP contribution in [0.25, 0.3) is 0 Å². The predicted octanol–water partition coefficient (Wildman–Crippen LogP) is 5.10. The summed E-state index contributed by atoms with van der Waals surface area (Å²) in [4.78, 5) is 1.45. The molecule has 2 aromatic rings. The van der Waals surface area contributed by atoms with Crippen LogP contribution in [-0.4, -0.2) is 6.54 Å². The highest BCUT2D eigenvalue weighted by Crippen LogP contribution is 2.41. The Hall–Kier alpha value is -0.640. The lowest BCUT2D eigenvalue weighted by Gasteiger charge is -2.19. The van der Waals surface area contributed by atoms with Gasteiger partial charge in [-0.2, -0.15) is 0 Å². The first-order valence-electron chi connectivity index (χ1n) is 7.26. The average Bonchev–Trinajstić information content (AvgIpc) is 3.19. The molecular formula is C17H20BrNS. The lowest BCUT2D eigenvalue weighted by atomic mass is 10.0. The Morgan fingerprint density at radius 2 is 1.95 bits per heavy atom. The Bertz CT molecular complexity index is 557. The molecule has 3 rings (SSSR count). The molecule has 0 saturated heterocycles. The molecular weight excluding hydrogens is 330 g/mol. The maximum absolute atomic E-state index is 3.77. The molecule has 1 aliphatic carbocycles. The highest BCUT2D eigenvalue weighted by atomic mass is 79.9. The third-order valence-electron chi connectivity index (χ3n) is 3.89. The summed E-state index contributed by atoms with van der Waals surface area (Å²) in [6.07, 6.45) is 3.86. The highest BCUT2D eigenvalue weighted by Gasteiger charge is 2.31. The first kappa shape index (κ1) is 14.3. The van der Waals surface area contributed by atoms with Gasteiger partial charge in [0.1, 0.15) is 0 Å². The lowest BCUT2D eigenvalue weighted by Crippen LogP contribution is -2.25. The summed E-state index contributed by atoms with van der Waals surface area (Å²) in [5.74, 6) is 0.841. The molecule has 0 aliphatic heterocycles. The number of thiophene rings is 1. The van der Waals surface area contributed by atoms with E-state index in [-0.39, 0.29) is 0 Å². The van der Waals surface area contributed by atoms with Gasteiger partial charge in [-0.15, -0.1) is 11.3 Å². The Kier molecular flexibility index (Phi) is 4.59. The molecule has 0 spiro atoms. The number of rotatable bonds is 6. The molecule has 1 saturated carbocycles. The van der Waals surface area contributed by atoms with E-state index in [1.165, 1.54) is 32.6 Å². The monoisotopic (exact) mass is 349 g/mol. The van der Waals surface area contributed by atoms with Crippen molar-refractivity contribution in [2.45, 2.75) is 32.2 Å². The van der Waals surface area contributed by atoms with E-state index in [2.05, 4.69) is 64.6 Å². The van der Waals surface area contributed by atoms with Crippen molar-refractivity contribution in [3.63, 3.8) is 0 Å². The van der Waals surface area contributed by atoms with E-state index in [1.54, 1.807) is 0 Å². The molecule has 0 amide bonds. The van der Waals surface area contributed by atoms with Crippen LogP contribution in [0.5, 0.6) is 0 Å². The summed E-state index contributed by atoms with van der Waals surface area (Å²) in [5.41, 5.74) is 2.79. The third kappa shape index (κ3) is 3.72. The summed E-state index contributed by atoms with van der Waals surface area (Å²) in [6, 6.07) is 13.9. The molecule has 1 fully saturated rings. The number of benzene rings is 1. The van der Waals surface area contributed by atoms with Gasteiger partial charge in [0.25, 0.3) is 0 Å². The van der Waals surface area contributed by atoms with Gasteiger partial charge in [0.05, 0.1) is 3.79 Å². The minimum absolute atomic E-state index is 0.541. The zero-order valence-electron chi connectivity index (χ0n) is 11.7. The number of hydrogen-bond acceptors (Lipinski definition) is 2. The van der Waals surface area contributed by atoms with Crippen molar-refractivity contribution in [3.05, 3.63) is 56.2 Å². The zero-order chi connectivity index (χ0) is 13.9. The van der Waals surface area contributed by atoms with Crippen LogP contribution < -0.4 is 5.32 Å². The second-order valence-electron chi connectivity index (χ2n) is 5.64. The quantitative estimate of drug-likeness (QED) is 0.764. The standard InChI is InChI=1S/C17H20BrNS/c1-12-2-4-13(5-3-12)17(14-6-7-14)19-11-10-15-8-9-16(18)20-15/h2-5,8-9,14,17,19H,6-7,10-11H2,1H3. The Labute approximate surface area is 133 Å². The van der Waals surface area contributed by atoms with Gasteiger partial charge in [0, 0.05) is 17.5 Å². The molecule has 1 heterocycles. The second-order valence-corrected chi connectivity index (χ2v) is 8.18. The number of aryl methyl sites for hydroxylation is 1. The molecule has 3 heteroatoms. The largest absolute Gasteiger partial charge is 0.309 e. The fourth-order valence-corrected chi connectivity index (χ4v) is 4.08. The second kappa shape index (κ2) is 6.42. The minimum atomic E-state index is 0.541. The molecule has 1 atom stereocenters. The van der Waals surface area contributed by atoms with Gasteiger partial charge in [-0.25, -0.2) is 0 Å². The fraction of sp³-hybridized carbons (Fsp3) is 0.412. The molecule has 0 radical (unpaired) electrons. The third-order valence-corrected chi connectivity index (χ3v) is 5.58. The van der Waals surface area contributed by atoms with Crippen molar-refractivity contribution in [1.29, 1.82) is 0 Å². The van der Waals surface area contributed by atoms with Crippen LogP contribution in [0.2, 0.25) is 0 Å². The summed E-state index contributed by atoms with van der Waals surface area (Å²) in [7, 11) is 0. The summed E-state index contributed by atoms with van der Waals surface area (Å²) >= 11 is 5.37. The lowest BCUT2D eigenvalue weighted by molar-refractivity contribution is 0.485. The van der Waals surface area contributed by atoms with Gasteiger partial charge in [0.2, 0.25) is 0 Å². The van der Waals surface area contributed by atoms with Crippen molar-refractivity contribution in [3.8, 4) is 0 Å². The summed E-state index contributed by atoms with van der Waals surface area (Å²) < 4.78 is 1.23. The van der Waals surface area contributed by atoms with Crippen LogP contribution >= 0.6 is 27.3 Å². The molecule has 1 unspecified atom stereocenters. The zero-order valence-corrected chi connectivity index (χ0v) is 14.1. The maximum Gasteiger partial charge on any atom is 0.0701 e. The van der Waals surface area contributed by atoms with Gasteiger partial charge in [-0.3, -0.25) is 0 Å². The van der Waals surface area contributed by atoms with Gasteiger partial charge in [0.15, 0.2) is 0 Å². The van der Waals surface area contributed by atoms with E-state index >= 15 is 0 Å². The van der Waals surface area contributed by atoms with Gasteiger partial charge >= 0.3 is 0 Å². The first-order chi connectivity index (χ1) is 9.72. The van der Waals surface area contributed by atoms with Gasteiger partial charge < -0.3 is 5.32 Å². The van der Waals surface area contributed by atoms with E-state index in [1.807, 2.05) is 11.3 Å². The maximum atomic E-state index is 3.77. The van der Waals surface area contributed by atoms with E-state index in [0.29, 0.717) is 6.04 Å². The number of halogens is 1. The smallest absolute Gasteiger partial charge is 0.0701 e. The molecule has 1 aromatic heterocycles. The van der Waals surface area contributed by atoms with Crippen molar-refractivity contribution in [2.75, 3.05) is 6.54 Å². The van der Waals surface area contributed by atoms with Crippen LogP contribution in [0.15, 0.2) is 40.2 Å². The Balaban J connectivity index is 1.59. The topological polar surface area (TPSA) is 12.0 Å². The molecule has 20 heavy (non-hydrogen) atoms. The van der Waals surface area contributed by atoms with Crippen molar-refractivity contribution in [1.82, 2.24) is 5.32 Å². The van der Waals surface area contributed by atoms with Gasteiger partial charge in [-0.1, -0.05) is 29.8 Å². The Morgan fingerprint density at radius 3 is 2.55 bits per heavy atom. The summed E-state index contributed by atoms with van der Waals surface area (Å²) in [6.45, 7) is 3.21. The van der Waals surface area contributed by atoms with Crippen molar-refractivity contribution >= 4 is 27.3 Å². The summed E-state index contributed by atoms with van der Waals surface area (Å²) in [5, 5.41) is 3.77. The van der Waals surface area contributed by atoms with E-state index < -0.39 is 0 Å². The van der Waals surface area contributed by atoms with Crippen LogP contribution in [0.1, 0.15) is 34.9 Å².